The Bertz CT molecular complexity index is 1480. The fourth-order valence-electron chi connectivity index (χ4n) is 4.65. The SMILES string of the molecule is CC(C)c1ccc(-c2c3cc(C(C)C)ccc3c(C#N)c3c2[nH]c2ccccc23)cc1. The Labute approximate surface area is 183 Å². The van der Waals surface area contributed by atoms with E-state index in [1.807, 2.05) is 12.1 Å². The summed E-state index contributed by atoms with van der Waals surface area (Å²) in [6.45, 7) is 8.86. The Morgan fingerprint density at radius 3 is 2.10 bits per heavy atom. The molecule has 0 fully saturated rings. The average Bonchev–Trinajstić information content (AvgIpc) is 3.16. The molecule has 2 heteroatoms. The highest BCUT2D eigenvalue weighted by atomic mass is 14.7. The summed E-state index contributed by atoms with van der Waals surface area (Å²) in [5.74, 6) is 0.914. The first-order valence-electron chi connectivity index (χ1n) is 11.0. The first-order valence-corrected chi connectivity index (χ1v) is 11.0. The van der Waals surface area contributed by atoms with Crippen LogP contribution in [0.2, 0.25) is 0 Å². The van der Waals surface area contributed by atoms with Crippen molar-refractivity contribution in [2.45, 2.75) is 39.5 Å². The Balaban J connectivity index is 1.99. The zero-order chi connectivity index (χ0) is 21.7. The number of hydrogen-bond donors (Lipinski definition) is 1. The molecule has 2 nitrogen and oxygen atoms in total. The van der Waals surface area contributed by atoms with Crippen molar-refractivity contribution in [1.82, 2.24) is 4.98 Å². The van der Waals surface area contributed by atoms with Crippen LogP contribution in [0.4, 0.5) is 0 Å². The molecule has 1 heterocycles. The molecule has 0 amide bonds. The maximum absolute atomic E-state index is 10.2. The standard InChI is InChI=1S/C29H26N2/c1-17(2)19-9-11-20(12-10-19)27-24-15-21(18(3)4)13-14-22(24)25(16-30)28-23-7-5-6-8-26(23)31-29(27)28/h5-15,17-18,31H,1-4H3. The van der Waals surface area contributed by atoms with Gasteiger partial charge >= 0.3 is 0 Å². The lowest BCUT2D eigenvalue weighted by Crippen LogP contribution is -1.93. The normalized spacial score (nSPS) is 11.8. The third-order valence-corrected chi connectivity index (χ3v) is 6.43. The summed E-state index contributed by atoms with van der Waals surface area (Å²) in [5.41, 5.74) is 7.83. The lowest BCUT2D eigenvalue weighted by Gasteiger charge is -2.15. The van der Waals surface area contributed by atoms with Crippen LogP contribution >= 0.6 is 0 Å². The van der Waals surface area contributed by atoms with Crippen LogP contribution in [0.1, 0.15) is 56.2 Å². The molecule has 0 bridgehead atoms. The van der Waals surface area contributed by atoms with Gasteiger partial charge in [0.1, 0.15) is 6.07 Å². The minimum absolute atomic E-state index is 0.421. The van der Waals surface area contributed by atoms with Gasteiger partial charge in [-0.05, 0) is 40.0 Å². The molecule has 1 N–H and O–H groups in total. The smallest absolute Gasteiger partial charge is 0.101 e. The minimum Gasteiger partial charge on any atom is -0.354 e. The van der Waals surface area contributed by atoms with Crippen molar-refractivity contribution < 1.29 is 0 Å². The summed E-state index contributed by atoms with van der Waals surface area (Å²) >= 11 is 0. The molecule has 5 aromatic rings. The van der Waals surface area contributed by atoms with Crippen LogP contribution in [0.25, 0.3) is 43.7 Å². The Morgan fingerprint density at radius 1 is 0.742 bits per heavy atom. The second-order valence-electron chi connectivity index (χ2n) is 9.02. The Hall–Kier alpha value is -3.57. The molecule has 0 unspecified atom stereocenters. The van der Waals surface area contributed by atoms with Gasteiger partial charge in [-0.15, -0.1) is 0 Å². The van der Waals surface area contributed by atoms with E-state index in [9.17, 15) is 5.26 Å². The predicted molar refractivity (Wildman–Crippen MR) is 132 cm³/mol. The average molecular weight is 403 g/mol. The maximum Gasteiger partial charge on any atom is 0.101 e. The third-order valence-electron chi connectivity index (χ3n) is 6.43. The van der Waals surface area contributed by atoms with Gasteiger partial charge in [-0.1, -0.05) is 88.4 Å². The number of fused-ring (bicyclic) bond motifs is 4. The summed E-state index contributed by atoms with van der Waals surface area (Å²) in [4.78, 5) is 3.65. The number of H-pyrrole nitrogens is 1. The van der Waals surface area contributed by atoms with Gasteiger partial charge in [-0.25, -0.2) is 0 Å². The van der Waals surface area contributed by atoms with E-state index in [-0.39, 0.29) is 0 Å². The number of hydrogen-bond acceptors (Lipinski definition) is 1. The van der Waals surface area contributed by atoms with Crippen molar-refractivity contribution in [1.29, 1.82) is 5.26 Å². The van der Waals surface area contributed by atoms with Crippen molar-refractivity contribution in [3.8, 4) is 17.2 Å². The highest BCUT2D eigenvalue weighted by molar-refractivity contribution is 6.23. The molecular weight excluding hydrogens is 376 g/mol. The van der Waals surface area contributed by atoms with E-state index in [0.717, 1.165) is 38.1 Å². The van der Waals surface area contributed by atoms with E-state index in [1.54, 1.807) is 0 Å². The van der Waals surface area contributed by atoms with Crippen LogP contribution in [0.15, 0.2) is 66.7 Å². The molecule has 0 saturated carbocycles. The Morgan fingerprint density at radius 2 is 1.42 bits per heavy atom. The second kappa shape index (κ2) is 7.29. The zero-order valence-corrected chi connectivity index (χ0v) is 18.5. The van der Waals surface area contributed by atoms with E-state index >= 15 is 0 Å². The number of nitrogens with one attached hydrogen (secondary N) is 1. The van der Waals surface area contributed by atoms with E-state index in [1.165, 1.54) is 22.3 Å². The van der Waals surface area contributed by atoms with Crippen molar-refractivity contribution in [2.24, 2.45) is 0 Å². The molecule has 0 radical (unpaired) electrons. The van der Waals surface area contributed by atoms with Gasteiger partial charge in [-0.2, -0.15) is 5.26 Å². The number of rotatable bonds is 3. The number of nitriles is 1. The summed E-state index contributed by atoms with van der Waals surface area (Å²) in [6, 6.07) is 26.3. The molecule has 0 aliphatic heterocycles. The minimum atomic E-state index is 0.421. The molecule has 5 rings (SSSR count). The largest absolute Gasteiger partial charge is 0.354 e. The third kappa shape index (κ3) is 3.01. The molecule has 0 saturated heterocycles. The first-order chi connectivity index (χ1) is 15.0. The van der Waals surface area contributed by atoms with Gasteiger partial charge in [0.25, 0.3) is 0 Å². The summed E-state index contributed by atoms with van der Waals surface area (Å²) in [7, 11) is 0. The molecule has 152 valence electrons. The van der Waals surface area contributed by atoms with Crippen LogP contribution in [0, 0.1) is 11.3 Å². The monoisotopic (exact) mass is 402 g/mol. The summed E-state index contributed by atoms with van der Waals surface area (Å²) in [5, 5.41) is 14.5. The molecule has 31 heavy (non-hydrogen) atoms. The van der Waals surface area contributed by atoms with E-state index in [4.69, 9.17) is 0 Å². The Kier molecular flexibility index (Phi) is 4.56. The van der Waals surface area contributed by atoms with E-state index < -0.39 is 0 Å². The van der Waals surface area contributed by atoms with Crippen molar-refractivity contribution in [3.63, 3.8) is 0 Å². The highest BCUT2D eigenvalue weighted by Gasteiger charge is 2.20. The fourth-order valence-corrected chi connectivity index (χ4v) is 4.65. The van der Waals surface area contributed by atoms with E-state index in [2.05, 4.69) is 93.3 Å². The predicted octanol–water partition coefficient (Wildman–Crippen LogP) is 8.26. The number of nitrogens with zero attached hydrogens (tertiary/aromatic N) is 1. The van der Waals surface area contributed by atoms with E-state index in [0.29, 0.717) is 11.8 Å². The summed E-state index contributed by atoms with van der Waals surface area (Å²) < 4.78 is 0. The van der Waals surface area contributed by atoms with Crippen molar-refractivity contribution >= 4 is 32.6 Å². The molecule has 0 aliphatic rings. The zero-order valence-electron chi connectivity index (χ0n) is 18.5. The summed E-state index contributed by atoms with van der Waals surface area (Å²) in [6.07, 6.45) is 0. The lowest BCUT2D eigenvalue weighted by atomic mass is 9.88. The topological polar surface area (TPSA) is 39.6 Å². The number of para-hydroxylation sites is 1. The number of aromatic amines is 1. The number of benzene rings is 4. The molecule has 1 aromatic heterocycles. The fraction of sp³-hybridized carbons (Fsp3) is 0.207. The highest BCUT2D eigenvalue weighted by Crippen LogP contribution is 2.42. The molecular formula is C29H26N2. The lowest BCUT2D eigenvalue weighted by molar-refractivity contribution is 0.867. The van der Waals surface area contributed by atoms with Gasteiger partial charge in [-0.3, -0.25) is 0 Å². The maximum atomic E-state index is 10.2. The van der Waals surface area contributed by atoms with Gasteiger partial charge in [0.05, 0.1) is 11.1 Å². The van der Waals surface area contributed by atoms with Crippen LogP contribution in [-0.4, -0.2) is 4.98 Å². The van der Waals surface area contributed by atoms with Crippen LogP contribution < -0.4 is 0 Å². The van der Waals surface area contributed by atoms with Crippen LogP contribution in [0.3, 0.4) is 0 Å². The molecule has 0 atom stereocenters. The van der Waals surface area contributed by atoms with Gasteiger partial charge < -0.3 is 4.98 Å². The molecule has 0 spiro atoms. The van der Waals surface area contributed by atoms with Crippen LogP contribution in [0.5, 0.6) is 0 Å². The van der Waals surface area contributed by atoms with Gasteiger partial charge in [0.2, 0.25) is 0 Å². The first kappa shape index (κ1) is 19.4. The number of aromatic nitrogens is 1. The van der Waals surface area contributed by atoms with Crippen LogP contribution in [-0.2, 0) is 0 Å². The van der Waals surface area contributed by atoms with Gasteiger partial charge in [0, 0.05) is 27.2 Å². The second-order valence-corrected chi connectivity index (χ2v) is 9.02. The van der Waals surface area contributed by atoms with Gasteiger partial charge in [0.15, 0.2) is 0 Å². The molecule has 4 aromatic carbocycles. The van der Waals surface area contributed by atoms with Crippen molar-refractivity contribution in [2.75, 3.05) is 0 Å². The quantitative estimate of drug-likeness (QED) is 0.324. The molecule has 0 aliphatic carbocycles. The van der Waals surface area contributed by atoms with Crippen molar-refractivity contribution in [3.05, 3.63) is 83.4 Å².